The molecule has 0 amide bonds. The van der Waals surface area contributed by atoms with Crippen molar-refractivity contribution in [2.24, 2.45) is 0 Å². The molecule has 0 radical (unpaired) electrons. The Balaban J connectivity index is 1.63. The van der Waals surface area contributed by atoms with Gasteiger partial charge < -0.3 is 9.30 Å². The predicted octanol–water partition coefficient (Wildman–Crippen LogP) is 2.89. The summed E-state index contributed by atoms with van der Waals surface area (Å²) in [6.07, 6.45) is 3.33. The van der Waals surface area contributed by atoms with Crippen LogP contribution in [0.3, 0.4) is 0 Å². The van der Waals surface area contributed by atoms with E-state index < -0.39 is 17.2 Å². The van der Waals surface area contributed by atoms with E-state index in [4.69, 9.17) is 4.74 Å². The number of carbonyl (C=O) groups excluding carboxylic acids is 1. The largest absolute Gasteiger partial charge is 0.453 e. The molecule has 0 aliphatic carbocycles. The molecule has 11 heteroatoms. The average Bonchev–Trinajstić information content (AvgIpc) is 3.38. The summed E-state index contributed by atoms with van der Waals surface area (Å²) in [5, 5.41) is 0.632. The number of H-pyrrole nitrogens is 1. The second-order valence-electron chi connectivity index (χ2n) is 7.43. The van der Waals surface area contributed by atoms with E-state index in [-0.39, 0.29) is 6.61 Å². The van der Waals surface area contributed by atoms with E-state index in [0.717, 1.165) is 12.8 Å². The fourth-order valence-corrected chi connectivity index (χ4v) is 4.51. The maximum atomic E-state index is 12.8. The number of imidazole rings is 1. The molecule has 0 aromatic carbocycles. The van der Waals surface area contributed by atoms with Crippen LogP contribution < -0.4 is 11.2 Å². The normalized spacial score (nSPS) is 11.2. The van der Waals surface area contributed by atoms with E-state index in [0.29, 0.717) is 51.4 Å². The molecule has 10 nitrogen and oxygen atoms in total. The number of pyridine rings is 1. The molecule has 0 unspecified atom stereocenters. The zero-order chi connectivity index (χ0) is 23.5. The van der Waals surface area contributed by atoms with Gasteiger partial charge in [0.15, 0.2) is 11.2 Å². The molecular weight excluding hydrogens is 444 g/mol. The van der Waals surface area contributed by atoms with Gasteiger partial charge in [-0.1, -0.05) is 19.4 Å². The molecular formula is C22H24N6O4S. The Bertz CT molecular complexity index is 1420. The van der Waals surface area contributed by atoms with Crippen molar-refractivity contribution >= 4 is 28.5 Å². The maximum absolute atomic E-state index is 12.8. The molecule has 0 saturated carbocycles. The number of esters is 1. The number of hydrogen-bond donors (Lipinski definition) is 1. The Morgan fingerprint density at radius 1 is 1.18 bits per heavy atom. The van der Waals surface area contributed by atoms with Gasteiger partial charge in [-0.3, -0.25) is 19.3 Å². The van der Waals surface area contributed by atoms with E-state index >= 15 is 0 Å². The third-order valence-corrected chi connectivity index (χ3v) is 6.37. The van der Waals surface area contributed by atoms with Crippen LogP contribution in [0.1, 0.15) is 47.9 Å². The quantitative estimate of drug-likeness (QED) is 0.394. The Labute approximate surface area is 192 Å². The van der Waals surface area contributed by atoms with Gasteiger partial charge in [0.05, 0.1) is 11.4 Å². The number of ether oxygens (including phenoxy) is 1. The summed E-state index contributed by atoms with van der Waals surface area (Å²) in [5.41, 5.74) is 0.837. The zero-order valence-electron chi connectivity index (χ0n) is 18.6. The molecule has 4 rings (SSSR count). The van der Waals surface area contributed by atoms with Crippen molar-refractivity contribution in [1.82, 2.24) is 29.1 Å². The number of nitrogens with zero attached hydrogens (tertiary/aromatic N) is 5. The summed E-state index contributed by atoms with van der Waals surface area (Å²) >= 11 is 1.21. The van der Waals surface area contributed by atoms with Crippen molar-refractivity contribution in [1.29, 1.82) is 0 Å². The van der Waals surface area contributed by atoms with Crippen LogP contribution in [-0.2, 0) is 24.4 Å². The Hall–Kier alpha value is -3.60. The first kappa shape index (κ1) is 22.6. The number of carbonyl (C=O) groups is 1. The highest BCUT2D eigenvalue weighted by Gasteiger charge is 2.21. The topological polar surface area (TPSA) is 125 Å². The highest BCUT2D eigenvalue weighted by molar-refractivity contribution is 7.17. The number of nitrogens with one attached hydrogen (secondary N) is 1. The van der Waals surface area contributed by atoms with Crippen molar-refractivity contribution in [3.63, 3.8) is 0 Å². The SMILES string of the molecule is CCCCn1c(=O)[nH]c(=O)c2c1nc(COC(=O)c1sc(-c3ccccn3)nc1C)n2CC. The second-order valence-corrected chi connectivity index (χ2v) is 8.43. The van der Waals surface area contributed by atoms with Gasteiger partial charge in [0.2, 0.25) is 0 Å². The highest BCUT2D eigenvalue weighted by Crippen LogP contribution is 2.27. The summed E-state index contributed by atoms with van der Waals surface area (Å²) < 4.78 is 8.67. The summed E-state index contributed by atoms with van der Waals surface area (Å²) in [5.74, 6) is -0.131. The molecule has 4 aromatic rings. The summed E-state index contributed by atoms with van der Waals surface area (Å²) in [6, 6.07) is 5.49. The minimum atomic E-state index is -0.529. The molecule has 0 spiro atoms. The molecule has 172 valence electrons. The lowest BCUT2D eigenvalue weighted by molar-refractivity contribution is 0.0463. The first-order valence-corrected chi connectivity index (χ1v) is 11.5. The van der Waals surface area contributed by atoms with Crippen LogP contribution >= 0.6 is 11.3 Å². The number of unbranched alkanes of at least 4 members (excludes halogenated alkanes) is 1. The summed E-state index contributed by atoms with van der Waals surface area (Å²) in [4.78, 5) is 53.6. The number of fused-ring (bicyclic) bond motifs is 1. The van der Waals surface area contributed by atoms with Crippen molar-refractivity contribution in [2.45, 2.75) is 53.3 Å². The van der Waals surface area contributed by atoms with Crippen LogP contribution in [0.25, 0.3) is 21.9 Å². The summed E-state index contributed by atoms with van der Waals surface area (Å²) in [7, 11) is 0. The molecule has 0 aliphatic rings. The van der Waals surface area contributed by atoms with Gasteiger partial charge in [-0.2, -0.15) is 0 Å². The highest BCUT2D eigenvalue weighted by atomic mass is 32.1. The Kier molecular flexibility index (Phi) is 6.50. The number of hydrogen-bond acceptors (Lipinski definition) is 8. The molecule has 1 N–H and O–H groups in total. The van der Waals surface area contributed by atoms with Gasteiger partial charge in [-0.25, -0.2) is 19.6 Å². The Morgan fingerprint density at radius 3 is 2.70 bits per heavy atom. The second kappa shape index (κ2) is 9.49. The van der Waals surface area contributed by atoms with E-state index in [2.05, 4.69) is 19.9 Å². The predicted molar refractivity (Wildman–Crippen MR) is 124 cm³/mol. The standard InChI is InChI=1S/C22H24N6O4S/c1-4-6-11-28-18-16(19(29)26-22(28)31)27(5-2)15(25-18)12-32-21(30)17-13(3)24-20(33-17)14-9-7-8-10-23-14/h7-10H,4-6,11-12H2,1-3H3,(H,26,29,31). The monoisotopic (exact) mass is 468 g/mol. The number of thiazole rings is 1. The minimum absolute atomic E-state index is 0.140. The number of aromatic amines is 1. The van der Waals surface area contributed by atoms with Gasteiger partial charge in [-0.15, -0.1) is 11.3 Å². The van der Waals surface area contributed by atoms with E-state index in [1.807, 2.05) is 32.0 Å². The van der Waals surface area contributed by atoms with Crippen LogP contribution in [0, 0.1) is 6.92 Å². The average molecular weight is 469 g/mol. The lowest BCUT2D eigenvalue weighted by atomic mass is 10.3. The third kappa shape index (κ3) is 4.36. The number of rotatable bonds is 8. The summed E-state index contributed by atoms with van der Waals surface area (Å²) in [6.45, 7) is 6.36. The van der Waals surface area contributed by atoms with Gasteiger partial charge in [-0.05, 0) is 32.4 Å². The minimum Gasteiger partial charge on any atom is -0.453 e. The van der Waals surface area contributed by atoms with Gasteiger partial charge in [0.1, 0.15) is 22.3 Å². The van der Waals surface area contributed by atoms with E-state index in [9.17, 15) is 14.4 Å². The van der Waals surface area contributed by atoms with Crippen LogP contribution in [0.5, 0.6) is 0 Å². The van der Waals surface area contributed by atoms with Gasteiger partial charge >= 0.3 is 11.7 Å². The number of aryl methyl sites for hydroxylation is 3. The van der Waals surface area contributed by atoms with Crippen molar-refractivity contribution in [3.05, 3.63) is 61.6 Å². The maximum Gasteiger partial charge on any atom is 0.350 e. The molecule has 4 aromatic heterocycles. The van der Waals surface area contributed by atoms with E-state index in [1.165, 1.54) is 15.9 Å². The molecule has 0 saturated heterocycles. The van der Waals surface area contributed by atoms with Crippen LogP contribution in [0.15, 0.2) is 34.0 Å². The van der Waals surface area contributed by atoms with Crippen LogP contribution in [-0.4, -0.2) is 35.0 Å². The Morgan fingerprint density at radius 2 is 2.00 bits per heavy atom. The third-order valence-electron chi connectivity index (χ3n) is 5.21. The molecule has 0 atom stereocenters. The first-order chi connectivity index (χ1) is 15.9. The van der Waals surface area contributed by atoms with Crippen molar-refractivity contribution in [2.75, 3.05) is 0 Å². The van der Waals surface area contributed by atoms with Crippen molar-refractivity contribution in [3.8, 4) is 10.7 Å². The number of aromatic nitrogens is 6. The molecule has 0 fully saturated rings. The smallest absolute Gasteiger partial charge is 0.350 e. The first-order valence-electron chi connectivity index (χ1n) is 10.7. The van der Waals surface area contributed by atoms with Gasteiger partial charge in [0.25, 0.3) is 5.56 Å². The molecule has 4 heterocycles. The van der Waals surface area contributed by atoms with Crippen LogP contribution in [0.2, 0.25) is 0 Å². The molecule has 33 heavy (non-hydrogen) atoms. The zero-order valence-corrected chi connectivity index (χ0v) is 19.4. The van der Waals surface area contributed by atoms with E-state index in [1.54, 1.807) is 17.7 Å². The van der Waals surface area contributed by atoms with Gasteiger partial charge in [0, 0.05) is 19.3 Å². The fourth-order valence-electron chi connectivity index (χ4n) is 3.57. The lowest BCUT2D eigenvalue weighted by Gasteiger charge is -2.07. The lowest BCUT2D eigenvalue weighted by Crippen LogP contribution is -2.31. The molecule has 0 bridgehead atoms. The van der Waals surface area contributed by atoms with Crippen molar-refractivity contribution < 1.29 is 9.53 Å². The fraction of sp³-hybridized carbons (Fsp3) is 0.364. The molecule has 0 aliphatic heterocycles. The van der Waals surface area contributed by atoms with Crippen LogP contribution in [0.4, 0.5) is 0 Å².